The highest BCUT2D eigenvalue weighted by Gasteiger charge is 2.40. The first kappa shape index (κ1) is 35.3. The average Bonchev–Trinajstić information content (AvgIpc) is 3.65. The van der Waals surface area contributed by atoms with Crippen LogP contribution in [0.15, 0.2) is 36.4 Å². The first-order valence-corrected chi connectivity index (χ1v) is 16.6. The van der Waals surface area contributed by atoms with Crippen LogP contribution < -0.4 is 10.6 Å². The summed E-state index contributed by atoms with van der Waals surface area (Å²) < 4.78 is 43.3. The molecule has 49 heavy (non-hydrogen) atoms. The maximum absolute atomic E-state index is 14.3. The summed E-state index contributed by atoms with van der Waals surface area (Å²) in [4.78, 5) is 65.2. The molecule has 1 unspecified atom stereocenters. The molecule has 1 aromatic heterocycles. The van der Waals surface area contributed by atoms with Gasteiger partial charge < -0.3 is 20.3 Å². The zero-order valence-electron chi connectivity index (χ0n) is 26.3. The number of nitrogens with one attached hydrogen (secondary N) is 3. The minimum Gasteiger partial charge on any atom is -0.477 e. The minimum atomic E-state index is -3.97. The predicted molar refractivity (Wildman–Crippen MR) is 172 cm³/mol. The van der Waals surface area contributed by atoms with Crippen molar-refractivity contribution >= 4 is 49.2 Å². The van der Waals surface area contributed by atoms with Crippen molar-refractivity contribution in [3.63, 3.8) is 0 Å². The highest BCUT2D eigenvalue weighted by Crippen LogP contribution is 2.36. The average molecular weight is 695 g/mol. The Morgan fingerprint density at radius 2 is 1.84 bits per heavy atom. The lowest BCUT2D eigenvalue weighted by atomic mass is 10.0. The van der Waals surface area contributed by atoms with E-state index >= 15 is 0 Å². The van der Waals surface area contributed by atoms with E-state index in [-0.39, 0.29) is 53.5 Å². The molecule has 256 valence electrons. The van der Waals surface area contributed by atoms with Gasteiger partial charge in [-0.3, -0.25) is 24.5 Å². The molecule has 2 aliphatic heterocycles. The van der Waals surface area contributed by atoms with Crippen LogP contribution in [0.5, 0.6) is 0 Å². The standard InChI is InChI=1S/C34H33F2N4O8P/c35-34(36,48-49-47)22-16-21-17-26(33(45)46)38-29(21)24(18-22)30(42)37-15-8-6-4-2-1-3-5-7-10-20-11-9-12-23-25(20)19-40(32(23)44)27-13-14-28(41)39-31(27)43/h9,11-12,16-18,27,38H,1-6,8,13-15,19H2,(H,37,42)(H,45,46)(H,39,41,43). The number of piperidine rings is 1. The van der Waals surface area contributed by atoms with Crippen LogP contribution in [0, 0.1) is 11.8 Å². The highest BCUT2D eigenvalue weighted by atomic mass is 31.1. The van der Waals surface area contributed by atoms with Gasteiger partial charge in [0.15, 0.2) is 0 Å². The summed E-state index contributed by atoms with van der Waals surface area (Å²) in [5.74, 6) is 3.33. The Morgan fingerprint density at radius 3 is 2.57 bits per heavy atom. The largest absolute Gasteiger partial charge is 0.477 e. The molecule has 1 saturated heterocycles. The highest BCUT2D eigenvalue weighted by molar-refractivity contribution is 7.17. The number of nitrogens with zero attached hydrogens (tertiary/aromatic N) is 1. The molecular weight excluding hydrogens is 661 g/mol. The molecule has 2 aromatic carbocycles. The molecule has 3 aromatic rings. The molecule has 0 saturated carbocycles. The Hall–Kier alpha value is -4.99. The van der Waals surface area contributed by atoms with Crippen LogP contribution >= 0.6 is 8.69 Å². The maximum atomic E-state index is 14.3. The van der Waals surface area contributed by atoms with E-state index in [4.69, 9.17) is 0 Å². The first-order chi connectivity index (χ1) is 23.5. The van der Waals surface area contributed by atoms with E-state index in [0.29, 0.717) is 24.8 Å². The molecule has 0 radical (unpaired) electrons. The quantitative estimate of drug-likeness (QED) is 0.0750. The molecule has 15 heteroatoms. The molecule has 5 rings (SSSR count). The van der Waals surface area contributed by atoms with E-state index in [1.807, 2.05) is 6.07 Å². The number of H-pyrrole nitrogens is 1. The fourth-order valence-corrected chi connectivity index (χ4v) is 6.21. The van der Waals surface area contributed by atoms with Crippen LogP contribution in [0.25, 0.3) is 10.9 Å². The van der Waals surface area contributed by atoms with Gasteiger partial charge in [-0.15, -0.1) is 0 Å². The van der Waals surface area contributed by atoms with Gasteiger partial charge in [0.25, 0.3) is 11.8 Å². The van der Waals surface area contributed by atoms with Gasteiger partial charge >= 0.3 is 20.8 Å². The fourth-order valence-electron chi connectivity index (χ4n) is 6.01. The summed E-state index contributed by atoms with van der Waals surface area (Å²) in [6, 6.07) is 7.66. The van der Waals surface area contributed by atoms with Gasteiger partial charge in [0, 0.05) is 42.4 Å². The summed E-state index contributed by atoms with van der Waals surface area (Å²) in [6.45, 7) is 0.548. The zero-order chi connectivity index (χ0) is 35.1. The van der Waals surface area contributed by atoms with Crippen LogP contribution in [-0.4, -0.2) is 57.2 Å². The normalized spacial score (nSPS) is 16.0. The number of carbonyl (C=O) groups is 5. The van der Waals surface area contributed by atoms with Crippen molar-refractivity contribution in [3.05, 3.63) is 69.9 Å². The van der Waals surface area contributed by atoms with Crippen molar-refractivity contribution in [2.24, 2.45) is 0 Å². The molecule has 2 aliphatic rings. The number of carbonyl (C=O) groups excluding carboxylic acids is 4. The molecule has 0 bridgehead atoms. The summed E-state index contributed by atoms with van der Waals surface area (Å²) in [5.41, 5.74) is 0.931. The Morgan fingerprint density at radius 1 is 1.08 bits per heavy atom. The first-order valence-electron chi connectivity index (χ1n) is 15.8. The van der Waals surface area contributed by atoms with E-state index in [2.05, 4.69) is 32.0 Å². The monoisotopic (exact) mass is 694 g/mol. The van der Waals surface area contributed by atoms with Crippen LogP contribution in [0.3, 0.4) is 0 Å². The number of unbranched alkanes of at least 4 members (excludes halogenated alkanes) is 6. The third-order valence-corrected chi connectivity index (χ3v) is 8.81. The number of alkyl halides is 2. The van der Waals surface area contributed by atoms with Gasteiger partial charge in [-0.2, -0.15) is 8.78 Å². The van der Waals surface area contributed by atoms with Gasteiger partial charge in [-0.05, 0) is 55.2 Å². The number of amides is 4. The van der Waals surface area contributed by atoms with E-state index in [0.717, 1.165) is 61.4 Å². The van der Waals surface area contributed by atoms with E-state index in [1.165, 1.54) is 4.90 Å². The summed E-state index contributed by atoms with van der Waals surface area (Å²) in [6.07, 6.45) is 2.32. The molecule has 0 spiro atoms. The smallest absolute Gasteiger partial charge is 0.393 e. The molecular formula is C34H33F2N4O8P. The van der Waals surface area contributed by atoms with Gasteiger partial charge in [0.1, 0.15) is 11.7 Å². The second-order valence-corrected chi connectivity index (χ2v) is 12.2. The van der Waals surface area contributed by atoms with Crippen LogP contribution in [0.2, 0.25) is 0 Å². The minimum absolute atomic E-state index is 0.0646. The van der Waals surface area contributed by atoms with Crippen LogP contribution in [0.1, 0.15) is 106 Å². The van der Waals surface area contributed by atoms with Gasteiger partial charge in [-0.25, -0.2) is 13.9 Å². The Labute approximate surface area is 281 Å². The molecule has 1 fully saturated rings. The number of hydrogen-bond acceptors (Lipinski definition) is 7. The molecule has 12 nitrogen and oxygen atoms in total. The van der Waals surface area contributed by atoms with Crippen molar-refractivity contribution in [3.8, 4) is 11.8 Å². The number of hydrogen-bond donors (Lipinski definition) is 4. The second-order valence-electron chi connectivity index (χ2n) is 11.8. The lowest BCUT2D eigenvalue weighted by Crippen LogP contribution is -2.52. The summed E-state index contributed by atoms with van der Waals surface area (Å²) in [7, 11) is -1.26. The maximum Gasteiger partial charge on any atom is 0.393 e. The second kappa shape index (κ2) is 15.5. The van der Waals surface area contributed by atoms with E-state index in [9.17, 15) is 42.4 Å². The number of halogens is 2. The summed E-state index contributed by atoms with van der Waals surface area (Å²) >= 11 is 0. The van der Waals surface area contributed by atoms with Gasteiger partial charge in [0.2, 0.25) is 11.8 Å². The number of carboxylic acids is 1. The number of aromatic carboxylic acids is 1. The van der Waals surface area contributed by atoms with Gasteiger partial charge in [-0.1, -0.05) is 43.6 Å². The van der Waals surface area contributed by atoms with Gasteiger partial charge in [0.05, 0.1) is 16.6 Å². The predicted octanol–water partition coefficient (Wildman–Crippen LogP) is 5.41. The number of fused-ring (bicyclic) bond motifs is 2. The zero-order valence-corrected chi connectivity index (χ0v) is 27.2. The summed E-state index contributed by atoms with van der Waals surface area (Å²) in [5, 5.41) is 14.4. The lowest BCUT2D eigenvalue weighted by Gasteiger charge is -2.29. The third-order valence-electron chi connectivity index (χ3n) is 8.51. The fraction of sp³-hybridized carbons (Fsp3) is 0.382. The molecule has 1 atom stereocenters. The number of benzene rings is 2. The van der Waals surface area contributed by atoms with Crippen molar-refractivity contribution in [2.45, 2.75) is 76.5 Å². The number of rotatable bonds is 14. The van der Waals surface area contributed by atoms with Crippen molar-refractivity contribution < 1.29 is 46.9 Å². The SMILES string of the molecule is O=POC(F)(F)c1cc(C(=O)NCCCCCCCCC#Cc2cccc3c2CN(C2CCC(=O)NC2=O)C3=O)c2[nH]c(C(=O)O)cc2c1. The molecule has 0 aliphatic carbocycles. The van der Waals surface area contributed by atoms with E-state index < -0.39 is 44.2 Å². The van der Waals surface area contributed by atoms with Crippen LogP contribution in [0.4, 0.5) is 8.78 Å². The number of imide groups is 1. The third kappa shape index (κ3) is 8.18. The molecule has 4 amide bonds. The Bertz CT molecular complexity index is 1880. The lowest BCUT2D eigenvalue weighted by molar-refractivity contribution is -0.178. The molecule has 3 heterocycles. The number of aromatic nitrogens is 1. The number of aromatic amines is 1. The number of carboxylic acid groups (broad SMARTS) is 1. The Kier molecular flexibility index (Phi) is 11.2. The van der Waals surface area contributed by atoms with E-state index in [1.54, 1.807) is 12.1 Å². The van der Waals surface area contributed by atoms with Crippen molar-refractivity contribution in [1.29, 1.82) is 0 Å². The van der Waals surface area contributed by atoms with Crippen LogP contribution in [-0.2, 0) is 31.3 Å². The van der Waals surface area contributed by atoms with Crippen molar-refractivity contribution in [2.75, 3.05) is 6.54 Å². The molecule has 4 N–H and O–H groups in total. The van der Waals surface area contributed by atoms with Crippen molar-refractivity contribution in [1.82, 2.24) is 20.5 Å². The topological polar surface area (TPSA) is 175 Å². The Balaban J connectivity index is 1.04.